The summed E-state index contributed by atoms with van der Waals surface area (Å²) < 4.78 is 5.36. The fraction of sp³-hybridized carbons (Fsp3) is 0.885. The summed E-state index contributed by atoms with van der Waals surface area (Å²) in [6, 6.07) is -0.730. The quantitative estimate of drug-likeness (QED) is 0.207. The van der Waals surface area contributed by atoms with E-state index in [1.54, 1.807) is 4.90 Å². The number of hydrogen-bond donors (Lipinski definition) is 1. The van der Waals surface area contributed by atoms with Gasteiger partial charge in [0.05, 0.1) is 13.0 Å². The van der Waals surface area contributed by atoms with E-state index in [-0.39, 0.29) is 24.2 Å². The van der Waals surface area contributed by atoms with Gasteiger partial charge in [0.15, 0.2) is 0 Å². The minimum atomic E-state index is -0.730. The molecule has 1 unspecified atom stereocenters. The molecule has 1 fully saturated rings. The van der Waals surface area contributed by atoms with E-state index in [0.29, 0.717) is 26.1 Å². The van der Waals surface area contributed by atoms with Crippen molar-refractivity contribution in [1.82, 2.24) is 10.2 Å². The van der Waals surface area contributed by atoms with Crippen molar-refractivity contribution in [1.29, 1.82) is 0 Å². The number of ether oxygens (including phenoxy) is 1. The van der Waals surface area contributed by atoms with Crippen LogP contribution in [0.5, 0.6) is 0 Å². The molecule has 0 aliphatic carbocycles. The first-order valence-corrected chi connectivity index (χ1v) is 13.3. The third-order valence-corrected chi connectivity index (χ3v) is 6.27. The molecule has 0 radical (unpaired) electrons. The van der Waals surface area contributed by atoms with E-state index in [1.165, 1.54) is 64.2 Å². The maximum atomic E-state index is 12.6. The fourth-order valence-electron chi connectivity index (χ4n) is 4.23. The highest BCUT2D eigenvalue weighted by molar-refractivity contribution is 5.91. The third-order valence-electron chi connectivity index (χ3n) is 6.27. The van der Waals surface area contributed by atoms with Gasteiger partial charge in [-0.3, -0.25) is 14.4 Å². The molecule has 1 heterocycles. The van der Waals surface area contributed by atoms with Crippen molar-refractivity contribution in [2.24, 2.45) is 0 Å². The molecule has 6 nitrogen and oxygen atoms in total. The molecule has 1 aliphatic heterocycles. The minimum Gasteiger partial charge on any atom is -0.466 e. The first-order chi connectivity index (χ1) is 15.6. The molecule has 1 rings (SSSR count). The van der Waals surface area contributed by atoms with Crippen LogP contribution in [0.15, 0.2) is 0 Å². The van der Waals surface area contributed by atoms with Gasteiger partial charge in [0.2, 0.25) is 11.8 Å². The lowest BCUT2D eigenvalue weighted by Gasteiger charge is -2.34. The molecular weight excluding hydrogens is 404 g/mol. The summed E-state index contributed by atoms with van der Waals surface area (Å²) in [7, 11) is 0. The lowest BCUT2D eigenvalue weighted by Crippen LogP contribution is -2.57. The Labute approximate surface area is 196 Å². The molecule has 2 amide bonds. The molecule has 1 N–H and O–H groups in total. The van der Waals surface area contributed by atoms with Gasteiger partial charge in [-0.15, -0.1) is 0 Å². The maximum absolute atomic E-state index is 12.6. The SMILES string of the molecule is CCCCCCCCCCCCOC(=O)CC1C(=O)NCCN1C(=O)CCCCCCC. The van der Waals surface area contributed by atoms with Crippen molar-refractivity contribution in [2.75, 3.05) is 19.7 Å². The Kier molecular flexibility index (Phi) is 16.8. The van der Waals surface area contributed by atoms with Crippen LogP contribution in [0.25, 0.3) is 0 Å². The number of nitrogens with one attached hydrogen (secondary N) is 1. The first-order valence-electron chi connectivity index (χ1n) is 13.3. The summed E-state index contributed by atoms with van der Waals surface area (Å²) in [5, 5.41) is 2.78. The Bertz CT molecular complexity index is 524. The minimum absolute atomic E-state index is 0.0242. The molecule has 6 heteroatoms. The molecule has 0 aromatic rings. The van der Waals surface area contributed by atoms with Gasteiger partial charge in [0.25, 0.3) is 0 Å². The van der Waals surface area contributed by atoms with Gasteiger partial charge in [-0.1, -0.05) is 97.3 Å². The van der Waals surface area contributed by atoms with Gasteiger partial charge in [-0.05, 0) is 12.8 Å². The monoisotopic (exact) mass is 452 g/mol. The van der Waals surface area contributed by atoms with Gasteiger partial charge >= 0.3 is 5.97 Å². The van der Waals surface area contributed by atoms with Crippen LogP contribution in [0.1, 0.15) is 123 Å². The van der Waals surface area contributed by atoms with Crippen LogP contribution in [0.3, 0.4) is 0 Å². The van der Waals surface area contributed by atoms with Crippen LogP contribution in [-0.4, -0.2) is 48.4 Å². The Morgan fingerprint density at radius 2 is 1.38 bits per heavy atom. The van der Waals surface area contributed by atoms with Crippen molar-refractivity contribution in [2.45, 2.75) is 129 Å². The van der Waals surface area contributed by atoms with Crippen LogP contribution in [0, 0.1) is 0 Å². The van der Waals surface area contributed by atoms with Gasteiger partial charge in [-0.25, -0.2) is 0 Å². The Morgan fingerprint density at radius 1 is 0.844 bits per heavy atom. The molecule has 1 atom stereocenters. The normalized spacial score (nSPS) is 16.1. The summed E-state index contributed by atoms with van der Waals surface area (Å²) in [5.41, 5.74) is 0. The van der Waals surface area contributed by atoms with E-state index in [0.717, 1.165) is 32.1 Å². The van der Waals surface area contributed by atoms with Crippen molar-refractivity contribution in [3.63, 3.8) is 0 Å². The molecular formula is C26H48N2O4. The number of piperazine rings is 1. The Hall–Kier alpha value is -1.59. The second kappa shape index (κ2) is 18.9. The van der Waals surface area contributed by atoms with E-state index < -0.39 is 6.04 Å². The fourth-order valence-corrected chi connectivity index (χ4v) is 4.23. The molecule has 0 spiro atoms. The van der Waals surface area contributed by atoms with E-state index in [2.05, 4.69) is 19.2 Å². The summed E-state index contributed by atoms with van der Waals surface area (Å²) in [5.74, 6) is -0.654. The smallest absolute Gasteiger partial charge is 0.308 e. The average molecular weight is 453 g/mol. The van der Waals surface area contributed by atoms with Gasteiger partial charge in [0.1, 0.15) is 6.04 Å². The second-order valence-corrected chi connectivity index (χ2v) is 9.16. The van der Waals surface area contributed by atoms with Crippen LogP contribution < -0.4 is 5.32 Å². The number of carbonyl (C=O) groups is 3. The summed E-state index contributed by atoms with van der Waals surface area (Å²) in [6.07, 6.45) is 18.1. The zero-order chi connectivity index (χ0) is 23.4. The summed E-state index contributed by atoms with van der Waals surface area (Å²) >= 11 is 0. The van der Waals surface area contributed by atoms with E-state index in [9.17, 15) is 14.4 Å². The predicted molar refractivity (Wildman–Crippen MR) is 129 cm³/mol. The number of rotatable bonds is 19. The van der Waals surface area contributed by atoms with Crippen LogP contribution in [0.4, 0.5) is 0 Å². The number of unbranched alkanes of at least 4 members (excludes halogenated alkanes) is 13. The van der Waals surface area contributed by atoms with Crippen molar-refractivity contribution >= 4 is 17.8 Å². The standard InChI is InChI=1S/C26H48N2O4/c1-3-5-7-9-10-11-12-13-15-17-21-32-25(30)22-23-26(31)27-19-20-28(23)24(29)18-16-14-8-6-4-2/h23H,3-22H2,1-2H3,(H,27,31). The molecule has 0 bridgehead atoms. The van der Waals surface area contributed by atoms with Crippen LogP contribution in [0.2, 0.25) is 0 Å². The number of amides is 2. The zero-order valence-electron chi connectivity index (χ0n) is 20.8. The van der Waals surface area contributed by atoms with Crippen LogP contribution >= 0.6 is 0 Å². The van der Waals surface area contributed by atoms with Crippen molar-refractivity contribution < 1.29 is 19.1 Å². The Morgan fingerprint density at radius 3 is 1.97 bits per heavy atom. The summed E-state index contributed by atoms with van der Waals surface area (Å²) in [4.78, 5) is 38.8. The molecule has 1 aliphatic rings. The van der Waals surface area contributed by atoms with Gasteiger partial charge in [0, 0.05) is 19.5 Å². The number of nitrogens with zero attached hydrogens (tertiary/aromatic N) is 1. The van der Waals surface area contributed by atoms with Crippen molar-refractivity contribution in [3.8, 4) is 0 Å². The molecule has 0 saturated carbocycles. The topological polar surface area (TPSA) is 75.7 Å². The molecule has 186 valence electrons. The molecule has 1 saturated heterocycles. The van der Waals surface area contributed by atoms with E-state index in [1.807, 2.05) is 0 Å². The predicted octanol–water partition coefficient (Wildman–Crippen LogP) is 5.53. The highest BCUT2D eigenvalue weighted by Crippen LogP contribution is 2.15. The van der Waals surface area contributed by atoms with E-state index >= 15 is 0 Å². The number of esters is 1. The second-order valence-electron chi connectivity index (χ2n) is 9.16. The van der Waals surface area contributed by atoms with Crippen molar-refractivity contribution in [3.05, 3.63) is 0 Å². The third kappa shape index (κ3) is 13.1. The maximum Gasteiger partial charge on any atom is 0.308 e. The number of hydrogen-bond acceptors (Lipinski definition) is 4. The van der Waals surface area contributed by atoms with Gasteiger partial charge < -0.3 is 15.0 Å². The average Bonchev–Trinajstić information content (AvgIpc) is 2.78. The largest absolute Gasteiger partial charge is 0.466 e. The highest BCUT2D eigenvalue weighted by atomic mass is 16.5. The van der Waals surface area contributed by atoms with Gasteiger partial charge in [-0.2, -0.15) is 0 Å². The van der Waals surface area contributed by atoms with Crippen LogP contribution in [-0.2, 0) is 19.1 Å². The molecule has 32 heavy (non-hydrogen) atoms. The molecule has 0 aromatic carbocycles. The Balaban J connectivity index is 2.20. The lowest BCUT2D eigenvalue weighted by atomic mass is 10.1. The summed E-state index contributed by atoms with van der Waals surface area (Å²) in [6.45, 7) is 5.72. The number of carbonyl (C=O) groups excluding carboxylic acids is 3. The zero-order valence-corrected chi connectivity index (χ0v) is 20.8. The molecule has 0 aromatic heterocycles. The van der Waals surface area contributed by atoms with E-state index in [4.69, 9.17) is 4.74 Å². The highest BCUT2D eigenvalue weighted by Gasteiger charge is 2.34. The first kappa shape index (κ1) is 28.4. The lowest BCUT2D eigenvalue weighted by molar-refractivity contribution is -0.152.